The van der Waals surface area contributed by atoms with E-state index in [0.29, 0.717) is 10.6 Å². The molecule has 8 nitrogen and oxygen atoms in total. The fourth-order valence-corrected chi connectivity index (χ4v) is 2.66. The van der Waals surface area contributed by atoms with Crippen molar-refractivity contribution in [2.24, 2.45) is 0 Å². The second kappa shape index (κ2) is 6.15. The number of nitrogens with one attached hydrogen (secondary N) is 1. The third-order valence-corrected chi connectivity index (χ3v) is 4.11. The fourth-order valence-electron chi connectivity index (χ4n) is 1.72. The van der Waals surface area contributed by atoms with Crippen LogP contribution in [-0.4, -0.2) is 21.0 Å². The van der Waals surface area contributed by atoms with Crippen LogP contribution in [0.5, 0.6) is 0 Å². The quantitative estimate of drug-likeness (QED) is 0.568. The molecule has 0 saturated heterocycles. The summed E-state index contributed by atoms with van der Waals surface area (Å²) in [6.45, 7) is 0. The molecule has 0 aliphatic rings. The molecule has 1 aromatic carbocycles. The fraction of sp³-hybridized carbons (Fsp3) is 0. The van der Waals surface area contributed by atoms with E-state index >= 15 is 0 Å². The Hall–Kier alpha value is -2.78. The molecule has 2 aromatic heterocycles. The zero-order valence-electron chi connectivity index (χ0n) is 11.2. The molecule has 0 aliphatic heterocycles. The van der Waals surface area contributed by atoms with Crippen LogP contribution in [0.25, 0.3) is 11.5 Å². The van der Waals surface area contributed by atoms with Gasteiger partial charge in [-0.2, -0.15) is 0 Å². The van der Waals surface area contributed by atoms with Gasteiger partial charge in [-0.15, -0.1) is 5.10 Å². The van der Waals surface area contributed by atoms with Crippen molar-refractivity contribution < 1.29 is 14.1 Å². The summed E-state index contributed by atoms with van der Waals surface area (Å²) in [6.07, 6.45) is 0. The standard InChI is InChI=1S/C13H7ClN4O4S/c14-8-4-2-1-3-7(8)12-16-17-13(22-12)15-11(19)9-5-6-10(23-9)18(20)21/h1-6H,(H,15,17,19). The number of amides is 1. The Morgan fingerprint density at radius 2 is 2.04 bits per heavy atom. The summed E-state index contributed by atoms with van der Waals surface area (Å²) in [6, 6.07) is 9.37. The minimum atomic E-state index is -0.572. The molecule has 0 bridgehead atoms. The van der Waals surface area contributed by atoms with E-state index in [4.69, 9.17) is 16.0 Å². The summed E-state index contributed by atoms with van der Waals surface area (Å²) in [5, 5.41) is 20.8. The molecule has 0 radical (unpaired) electrons. The Kier molecular flexibility index (Phi) is 4.04. The van der Waals surface area contributed by atoms with Gasteiger partial charge in [-0.1, -0.05) is 40.2 Å². The zero-order valence-corrected chi connectivity index (χ0v) is 12.8. The van der Waals surface area contributed by atoms with Crippen LogP contribution in [-0.2, 0) is 0 Å². The number of carbonyl (C=O) groups is 1. The first-order valence-corrected chi connectivity index (χ1v) is 7.38. The van der Waals surface area contributed by atoms with Crippen LogP contribution >= 0.6 is 22.9 Å². The van der Waals surface area contributed by atoms with Crippen LogP contribution in [0.3, 0.4) is 0 Å². The van der Waals surface area contributed by atoms with Crippen molar-refractivity contribution in [3.05, 3.63) is 56.4 Å². The van der Waals surface area contributed by atoms with E-state index in [1.54, 1.807) is 24.3 Å². The van der Waals surface area contributed by atoms with Gasteiger partial charge in [0.05, 0.1) is 20.4 Å². The molecule has 0 unspecified atom stereocenters. The maximum Gasteiger partial charge on any atom is 0.324 e. The topological polar surface area (TPSA) is 111 Å². The molecule has 0 saturated carbocycles. The summed E-state index contributed by atoms with van der Waals surface area (Å²) < 4.78 is 5.33. The Balaban J connectivity index is 1.77. The lowest BCUT2D eigenvalue weighted by molar-refractivity contribution is -0.380. The molecule has 3 aromatic rings. The second-order valence-corrected chi connectivity index (χ2v) is 5.71. The average Bonchev–Trinajstić information content (AvgIpc) is 3.16. The maximum atomic E-state index is 12.0. The predicted molar refractivity (Wildman–Crippen MR) is 83.7 cm³/mol. The number of benzene rings is 1. The highest BCUT2D eigenvalue weighted by molar-refractivity contribution is 7.17. The zero-order chi connectivity index (χ0) is 16.4. The van der Waals surface area contributed by atoms with Gasteiger partial charge in [0.2, 0.25) is 0 Å². The lowest BCUT2D eigenvalue weighted by Crippen LogP contribution is -2.10. The Labute approximate surface area is 137 Å². The molecular formula is C13H7ClN4O4S. The molecule has 1 amide bonds. The van der Waals surface area contributed by atoms with E-state index in [9.17, 15) is 14.9 Å². The molecule has 3 rings (SSSR count). The SMILES string of the molecule is O=C(Nc1nnc(-c2ccccc2Cl)o1)c1ccc([N+](=O)[O-])s1. The van der Waals surface area contributed by atoms with Gasteiger partial charge in [0, 0.05) is 6.07 Å². The van der Waals surface area contributed by atoms with E-state index in [-0.39, 0.29) is 21.8 Å². The van der Waals surface area contributed by atoms with Crippen LogP contribution in [0, 0.1) is 10.1 Å². The summed E-state index contributed by atoms with van der Waals surface area (Å²) in [7, 11) is 0. The number of carbonyl (C=O) groups excluding carboxylic acids is 1. The van der Waals surface area contributed by atoms with Crippen LogP contribution in [0.15, 0.2) is 40.8 Å². The molecule has 0 atom stereocenters. The first-order chi connectivity index (χ1) is 11.0. The monoisotopic (exact) mass is 350 g/mol. The van der Waals surface area contributed by atoms with Gasteiger partial charge < -0.3 is 4.42 Å². The van der Waals surface area contributed by atoms with Gasteiger partial charge in [-0.3, -0.25) is 20.2 Å². The first-order valence-electron chi connectivity index (χ1n) is 6.18. The third-order valence-electron chi connectivity index (χ3n) is 2.75. The Bertz CT molecular complexity index is 891. The smallest absolute Gasteiger partial charge is 0.324 e. The van der Waals surface area contributed by atoms with Crippen molar-refractivity contribution in [2.45, 2.75) is 0 Å². The predicted octanol–water partition coefficient (Wildman–Crippen LogP) is 3.61. The highest BCUT2D eigenvalue weighted by Gasteiger charge is 2.18. The largest absolute Gasteiger partial charge is 0.403 e. The maximum absolute atomic E-state index is 12.0. The molecule has 1 N–H and O–H groups in total. The van der Waals surface area contributed by atoms with Crippen LogP contribution in [0.4, 0.5) is 11.0 Å². The number of hydrogen-bond acceptors (Lipinski definition) is 7. The van der Waals surface area contributed by atoms with E-state index in [2.05, 4.69) is 15.5 Å². The number of nitro groups is 1. The molecule has 10 heteroatoms. The van der Waals surface area contributed by atoms with E-state index < -0.39 is 10.8 Å². The number of halogens is 1. The molecule has 23 heavy (non-hydrogen) atoms. The first kappa shape index (κ1) is 15.1. The summed E-state index contributed by atoms with van der Waals surface area (Å²) >= 11 is 6.78. The third kappa shape index (κ3) is 3.20. The van der Waals surface area contributed by atoms with Crippen molar-refractivity contribution in [3.63, 3.8) is 0 Å². The Morgan fingerprint density at radius 1 is 1.26 bits per heavy atom. The lowest BCUT2D eigenvalue weighted by Gasteiger charge is -1.98. The van der Waals surface area contributed by atoms with Crippen molar-refractivity contribution in [2.75, 3.05) is 5.32 Å². The normalized spacial score (nSPS) is 10.5. The molecular weight excluding hydrogens is 344 g/mol. The van der Waals surface area contributed by atoms with Gasteiger partial charge in [0.15, 0.2) is 0 Å². The lowest BCUT2D eigenvalue weighted by atomic mass is 10.2. The van der Waals surface area contributed by atoms with Crippen LogP contribution in [0.2, 0.25) is 5.02 Å². The van der Waals surface area contributed by atoms with Crippen molar-refractivity contribution >= 4 is 39.9 Å². The molecule has 2 heterocycles. The number of rotatable bonds is 4. The summed E-state index contributed by atoms with van der Waals surface area (Å²) in [4.78, 5) is 22.2. The van der Waals surface area contributed by atoms with E-state index in [1.807, 2.05) is 0 Å². The van der Waals surface area contributed by atoms with Gasteiger partial charge in [-0.25, -0.2) is 0 Å². The number of nitrogens with zero attached hydrogens (tertiary/aromatic N) is 3. The molecule has 0 fully saturated rings. The van der Waals surface area contributed by atoms with Crippen molar-refractivity contribution in [3.8, 4) is 11.5 Å². The minimum absolute atomic E-state index is 0.124. The second-order valence-electron chi connectivity index (χ2n) is 4.24. The van der Waals surface area contributed by atoms with Crippen LogP contribution < -0.4 is 5.32 Å². The number of thiophene rings is 1. The highest BCUT2D eigenvalue weighted by Crippen LogP contribution is 2.28. The average molecular weight is 351 g/mol. The van der Waals surface area contributed by atoms with Gasteiger partial charge in [0.1, 0.15) is 0 Å². The summed E-state index contributed by atoms with van der Waals surface area (Å²) in [5.41, 5.74) is 0.536. The van der Waals surface area contributed by atoms with Gasteiger partial charge >= 0.3 is 11.0 Å². The molecule has 0 spiro atoms. The Morgan fingerprint density at radius 3 is 2.74 bits per heavy atom. The summed E-state index contributed by atoms with van der Waals surface area (Å²) in [5.74, 6) is -0.416. The number of aromatic nitrogens is 2. The van der Waals surface area contributed by atoms with E-state index in [1.165, 1.54) is 12.1 Å². The number of hydrogen-bond donors (Lipinski definition) is 1. The molecule has 116 valence electrons. The molecule has 0 aliphatic carbocycles. The minimum Gasteiger partial charge on any atom is -0.403 e. The van der Waals surface area contributed by atoms with Crippen molar-refractivity contribution in [1.82, 2.24) is 10.2 Å². The van der Waals surface area contributed by atoms with Crippen LogP contribution in [0.1, 0.15) is 9.67 Å². The van der Waals surface area contributed by atoms with E-state index in [0.717, 1.165) is 11.3 Å². The number of anilines is 1. The van der Waals surface area contributed by atoms with Gasteiger partial charge in [-0.05, 0) is 18.2 Å². The highest BCUT2D eigenvalue weighted by atomic mass is 35.5. The van der Waals surface area contributed by atoms with Gasteiger partial charge in [0.25, 0.3) is 11.8 Å². The van der Waals surface area contributed by atoms with Crippen molar-refractivity contribution in [1.29, 1.82) is 0 Å².